The average Bonchev–Trinajstić information content (AvgIpc) is 3.08. The SMILES string of the molecule is CN1CCCCC1CCC(=O)NCC1(Cn2cccn2)CC1. The van der Waals surface area contributed by atoms with Crippen LogP contribution in [0.5, 0.6) is 0 Å². The Morgan fingerprint density at radius 2 is 2.27 bits per heavy atom. The van der Waals surface area contributed by atoms with Crippen molar-refractivity contribution in [2.75, 3.05) is 20.1 Å². The zero-order valence-corrected chi connectivity index (χ0v) is 13.6. The van der Waals surface area contributed by atoms with E-state index < -0.39 is 0 Å². The summed E-state index contributed by atoms with van der Waals surface area (Å²) in [5, 5.41) is 7.43. The molecule has 0 radical (unpaired) electrons. The lowest BCUT2D eigenvalue weighted by Gasteiger charge is -2.32. The van der Waals surface area contributed by atoms with Gasteiger partial charge in [-0.3, -0.25) is 9.48 Å². The Morgan fingerprint density at radius 1 is 1.41 bits per heavy atom. The van der Waals surface area contributed by atoms with Crippen LogP contribution < -0.4 is 5.32 Å². The molecule has 0 spiro atoms. The summed E-state index contributed by atoms with van der Waals surface area (Å²) >= 11 is 0. The fraction of sp³-hybridized carbons (Fsp3) is 0.765. The monoisotopic (exact) mass is 304 g/mol. The Balaban J connectivity index is 1.37. The number of carbonyl (C=O) groups excluding carboxylic acids is 1. The second-order valence-electron chi connectivity index (χ2n) is 7.15. The first-order valence-corrected chi connectivity index (χ1v) is 8.61. The second-order valence-corrected chi connectivity index (χ2v) is 7.15. The number of hydrogen-bond donors (Lipinski definition) is 1. The van der Waals surface area contributed by atoms with Gasteiger partial charge in [0, 0.05) is 43.4 Å². The van der Waals surface area contributed by atoms with Gasteiger partial charge in [-0.1, -0.05) is 6.42 Å². The highest BCUT2D eigenvalue weighted by Gasteiger charge is 2.43. The fourth-order valence-electron chi connectivity index (χ4n) is 3.49. The van der Waals surface area contributed by atoms with Crippen molar-refractivity contribution < 1.29 is 4.79 Å². The van der Waals surface area contributed by atoms with Crippen LogP contribution in [0.3, 0.4) is 0 Å². The van der Waals surface area contributed by atoms with Gasteiger partial charge in [0.1, 0.15) is 0 Å². The third kappa shape index (κ3) is 4.09. The highest BCUT2D eigenvalue weighted by atomic mass is 16.1. The Kier molecular flexibility index (Phi) is 4.81. The third-order valence-electron chi connectivity index (χ3n) is 5.30. The number of hydrogen-bond acceptors (Lipinski definition) is 3. The first kappa shape index (κ1) is 15.5. The minimum atomic E-state index is 0.214. The highest BCUT2D eigenvalue weighted by Crippen LogP contribution is 2.46. The summed E-state index contributed by atoms with van der Waals surface area (Å²) in [4.78, 5) is 14.5. The molecular weight excluding hydrogens is 276 g/mol. The topological polar surface area (TPSA) is 50.2 Å². The first-order chi connectivity index (χ1) is 10.7. The predicted molar refractivity (Wildman–Crippen MR) is 86.4 cm³/mol. The van der Waals surface area contributed by atoms with E-state index in [1.165, 1.54) is 38.6 Å². The maximum Gasteiger partial charge on any atom is 0.220 e. The first-order valence-electron chi connectivity index (χ1n) is 8.61. The van der Waals surface area contributed by atoms with Gasteiger partial charge in [-0.15, -0.1) is 0 Å². The van der Waals surface area contributed by atoms with Crippen LogP contribution in [0.1, 0.15) is 44.9 Å². The minimum Gasteiger partial charge on any atom is -0.355 e. The van der Waals surface area contributed by atoms with Crippen LogP contribution in [0.25, 0.3) is 0 Å². The largest absolute Gasteiger partial charge is 0.355 e. The second kappa shape index (κ2) is 6.82. The molecule has 1 N–H and O–H groups in total. The quantitative estimate of drug-likeness (QED) is 0.839. The van der Waals surface area contributed by atoms with Crippen LogP contribution in [-0.4, -0.2) is 46.8 Å². The van der Waals surface area contributed by atoms with E-state index in [2.05, 4.69) is 22.4 Å². The van der Waals surface area contributed by atoms with Gasteiger partial charge >= 0.3 is 0 Å². The van der Waals surface area contributed by atoms with Crippen molar-refractivity contribution in [3.63, 3.8) is 0 Å². The summed E-state index contributed by atoms with van der Waals surface area (Å²) in [6, 6.07) is 2.55. The van der Waals surface area contributed by atoms with Gasteiger partial charge in [0.15, 0.2) is 0 Å². The van der Waals surface area contributed by atoms with Gasteiger partial charge in [0.25, 0.3) is 0 Å². The number of likely N-dealkylation sites (tertiary alicyclic amines) is 1. The van der Waals surface area contributed by atoms with Crippen molar-refractivity contribution in [2.24, 2.45) is 5.41 Å². The average molecular weight is 304 g/mol. The number of carbonyl (C=O) groups is 1. The molecule has 122 valence electrons. The smallest absolute Gasteiger partial charge is 0.220 e. The Morgan fingerprint density at radius 3 is 2.95 bits per heavy atom. The molecule has 1 aliphatic carbocycles. The van der Waals surface area contributed by atoms with Crippen LogP contribution in [0.15, 0.2) is 18.5 Å². The molecule has 2 aliphatic rings. The summed E-state index contributed by atoms with van der Waals surface area (Å²) in [5.41, 5.74) is 0.253. The van der Waals surface area contributed by atoms with E-state index >= 15 is 0 Å². The normalized spacial score (nSPS) is 24.1. The van der Waals surface area contributed by atoms with Gasteiger partial charge in [0.2, 0.25) is 5.91 Å². The van der Waals surface area contributed by atoms with E-state index in [1.807, 2.05) is 23.1 Å². The lowest BCUT2D eigenvalue weighted by atomic mass is 9.98. The fourth-order valence-corrected chi connectivity index (χ4v) is 3.49. The molecule has 3 rings (SSSR count). The third-order valence-corrected chi connectivity index (χ3v) is 5.30. The zero-order valence-electron chi connectivity index (χ0n) is 13.6. The van der Waals surface area contributed by atoms with E-state index in [-0.39, 0.29) is 11.3 Å². The molecule has 1 saturated carbocycles. The molecule has 1 atom stereocenters. The lowest BCUT2D eigenvalue weighted by molar-refractivity contribution is -0.121. The number of nitrogens with one attached hydrogen (secondary N) is 1. The van der Waals surface area contributed by atoms with Crippen LogP contribution in [-0.2, 0) is 11.3 Å². The molecule has 5 nitrogen and oxygen atoms in total. The molecule has 22 heavy (non-hydrogen) atoms. The lowest BCUT2D eigenvalue weighted by Crippen LogP contribution is -2.38. The van der Waals surface area contributed by atoms with E-state index in [4.69, 9.17) is 0 Å². The molecule has 0 bridgehead atoms. The van der Waals surface area contributed by atoms with Crippen LogP contribution in [0, 0.1) is 5.41 Å². The predicted octanol–water partition coefficient (Wildman–Crippen LogP) is 2.04. The number of piperidine rings is 1. The van der Waals surface area contributed by atoms with Gasteiger partial charge in [0.05, 0.1) is 0 Å². The van der Waals surface area contributed by atoms with Crippen LogP contribution in [0.2, 0.25) is 0 Å². The van der Waals surface area contributed by atoms with Gasteiger partial charge in [-0.2, -0.15) is 5.10 Å². The van der Waals surface area contributed by atoms with Gasteiger partial charge in [-0.05, 0) is 51.8 Å². The number of rotatable bonds is 7. The molecule has 1 unspecified atom stereocenters. The van der Waals surface area contributed by atoms with Gasteiger partial charge in [-0.25, -0.2) is 0 Å². The number of nitrogens with zero attached hydrogens (tertiary/aromatic N) is 3. The summed E-state index contributed by atoms with van der Waals surface area (Å²) in [6.45, 7) is 2.90. The maximum atomic E-state index is 12.1. The van der Waals surface area contributed by atoms with E-state index in [1.54, 1.807) is 0 Å². The molecule has 1 saturated heterocycles. The van der Waals surface area contributed by atoms with Crippen LogP contribution in [0.4, 0.5) is 0 Å². The van der Waals surface area contributed by atoms with Crippen molar-refractivity contribution in [1.82, 2.24) is 20.0 Å². The van der Waals surface area contributed by atoms with Crippen molar-refractivity contribution in [3.05, 3.63) is 18.5 Å². The Bertz CT molecular complexity index is 481. The molecule has 1 aromatic rings. The molecule has 1 aliphatic heterocycles. The van der Waals surface area contributed by atoms with Gasteiger partial charge < -0.3 is 10.2 Å². The van der Waals surface area contributed by atoms with E-state index in [9.17, 15) is 4.79 Å². The molecule has 2 heterocycles. The molecule has 0 aromatic carbocycles. The standard InChI is InChI=1S/C17H28N4O/c1-20-11-3-2-5-15(20)6-7-16(22)18-13-17(8-9-17)14-21-12-4-10-19-21/h4,10,12,15H,2-3,5-9,11,13-14H2,1H3,(H,18,22). The van der Waals surface area contributed by atoms with Crippen molar-refractivity contribution in [2.45, 2.75) is 57.5 Å². The molecule has 1 amide bonds. The Labute approximate surface area is 133 Å². The molecule has 5 heteroatoms. The van der Waals surface area contributed by atoms with Crippen LogP contribution >= 0.6 is 0 Å². The highest BCUT2D eigenvalue weighted by molar-refractivity contribution is 5.76. The summed E-state index contributed by atoms with van der Waals surface area (Å²) in [5.74, 6) is 0.214. The summed E-state index contributed by atoms with van der Waals surface area (Å²) < 4.78 is 1.98. The summed E-state index contributed by atoms with van der Waals surface area (Å²) in [6.07, 6.45) is 11.7. The van der Waals surface area contributed by atoms with Crippen molar-refractivity contribution in [1.29, 1.82) is 0 Å². The van der Waals surface area contributed by atoms with Crippen molar-refractivity contribution >= 4 is 5.91 Å². The Hall–Kier alpha value is -1.36. The maximum absolute atomic E-state index is 12.1. The molecule has 1 aromatic heterocycles. The number of aromatic nitrogens is 2. The summed E-state index contributed by atoms with van der Waals surface area (Å²) in [7, 11) is 2.19. The molecular formula is C17H28N4O. The molecule has 2 fully saturated rings. The number of amides is 1. The van der Waals surface area contributed by atoms with E-state index in [0.29, 0.717) is 12.5 Å². The van der Waals surface area contributed by atoms with Crippen molar-refractivity contribution in [3.8, 4) is 0 Å². The van der Waals surface area contributed by atoms with E-state index in [0.717, 1.165) is 19.5 Å². The minimum absolute atomic E-state index is 0.214. The zero-order chi connectivity index (χ0) is 15.4.